The summed E-state index contributed by atoms with van der Waals surface area (Å²) in [7, 11) is 0. The first-order valence-corrected chi connectivity index (χ1v) is 5.59. The van der Waals surface area contributed by atoms with E-state index in [1.54, 1.807) is 0 Å². The quantitative estimate of drug-likeness (QED) is 0.229. The number of para-hydroxylation sites is 1. The Morgan fingerprint density at radius 1 is 1.32 bits per heavy atom. The molecule has 0 aliphatic carbocycles. The minimum absolute atomic E-state index is 0.152. The summed E-state index contributed by atoms with van der Waals surface area (Å²) in [6.07, 6.45) is 1.89. The summed E-state index contributed by atoms with van der Waals surface area (Å²) >= 11 is 0. The van der Waals surface area contributed by atoms with Crippen LogP contribution in [0.4, 0.5) is 0 Å². The molecule has 0 saturated carbocycles. The van der Waals surface area contributed by atoms with Crippen LogP contribution in [0.25, 0.3) is 0 Å². The Kier molecular flexibility index (Phi) is 9.23. The van der Waals surface area contributed by atoms with E-state index >= 15 is 0 Å². The maximum atomic E-state index is 8.36. The molecule has 8 heteroatoms. The number of ether oxygens (including phenoxy) is 1. The van der Waals surface area contributed by atoms with Crippen molar-refractivity contribution in [1.82, 2.24) is 0 Å². The van der Waals surface area contributed by atoms with Gasteiger partial charge in [0.05, 0.1) is 6.61 Å². The second-order valence-corrected chi connectivity index (χ2v) is 3.41. The van der Waals surface area contributed by atoms with Crippen LogP contribution in [-0.4, -0.2) is 29.4 Å². The van der Waals surface area contributed by atoms with E-state index in [4.69, 9.17) is 31.5 Å². The highest BCUT2D eigenvalue weighted by Gasteiger charge is 1.91. The predicted molar refractivity (Wildman–Crippen MR) is 70.6 cm³/mol. The van der Waals surface area contributed by atoms with Crippen molar-refractivity contribution in [2.75, 3.05) is 13.2 Å². The lowest BCUT2D eigenvalue weighted by Crippen LogP contribution is -2.23. The summed E-state index contributed by atoms with van der Waals surface area (Å²) in [5.74, 6) is 1.05. The third kappa shape index (κ3) is 13.4. The highest BCUT2D eigenvalue weighted by atomic mass is 16.9. The van der Waals surface area contributed by atoms with Crippen molar-refractivity contribution >= 4 is 5.96 Å². The third-order valence-electron chi connectivity index (χ3n) is 1.86. The molecule has 0 bridgehead atoms. The Labute approximate surface area is 110 Å². The van der Waals surface area contributed by atoms with Crippen LogP contribution in [0.5, 0.6) is 5.75 Å². The van der Waals surface area contributed by atoms with E-state index in [9.17, 15) is 0 Å². The number of aliphatic imine (C=N–C) groups is 1. The normalized spacial score (nSPS) is 8.84. The van der Waals surface area contributed by atoms with Crippen LogP contribution in [0, 0.1) is 10.1 Å². The molecule has 0 aliphatic rings. The van der Waals surface area contributed by atoms with E-state index in [1.807, 2.05) is 30.3 Å². The number of rotatable bonds is 6. The molecule has 0 aliphatic heterocycles. The molecule has 1 aromatic rings. The molecule has 106 valence electrons. The molecule has 0 unspecified atom stereocenters. The number of guanidine groups is 1. The van der Waals surface area contributed by atoms with Crippen molar-refractivity contribution in [3.8, 4) is 5.75 Å². The van der Waals surface area contributed by atoms with Gasteiger partial charge in [0.25, 0.3) is 5.09 Å². The van der Waals surface area contributed by atoms with Crippen LogP contribution in [-0.2, 0) is 0 Å². The molecule has 0 amide bonds. The van der Waals surface area contributed by atoms with Crippen LogP contribution in [0.1, 0.15) is 12.8 Å². The second-order valence-electron chi connectivity index (χ2n) is 3.41. The zero-order chi connectivity index (χ0) is 14.5. The Hall–Kier alpha value is -2.51. The van der Waals surface area contributed by atoms with E-state index in [0.717, 1.165) is 18.6 Å². The van der Waals surface area contributed by atoms with Crippen molar-refractivity contribution in [2.45, 2.75) is 12.8 Å². The van der Waals surface area contributed by atoms with Gasteiger partial charge in [-0.25, -0.2) is 0 Å². The molecule has 0 fully saturated rings. The monoisotopic (exact) mass is 270 g/mol. The molecule has 0 spiro atoms. The van der Waals surface area contributed by atoms with Crippen LogP contribution < -0.4 is 16.2 Å². The summed E-state index contributed by atoms with van der Waals surface area (Å²) in [6, 6.07) is 9.75. The minimum atomic E-state index is -1.50. The Morgan fingerprint density at radius 2 is 1.89 bits per heavy atom. The summed E-state index contributed by atoms with van der Waals surface area (Å²) in [5.41, 5.74) is 10.4. The number of hydrogen-bond donors (Lipinski definition) is 3. The van der Waals surface area contributed by atoms with E-state index in [1.165, 1.54) is 0 Å². The van der Waals surface area contributed by atoms with Gasteiger partial charge >= 0.3 is 0 Å². The average Bonchev–Trinajstić information content (AvgIpc) is 2.34. The van der Waals surface area contributed by atoms with Crippen LogP contribution in [0.15, 0.2) is 35.3 Å². The van der Waals surface area contributed by atoms with E-state index in [0.29, 0.717) is 13.2 Å². The molecule has 5 N–H and O–H groups in total. The largest absolute Gasteiger partial charge is 0.494 e. The minimum Gasteiger partial charge on any atom is -0.494 e. The zero-order valence-electron chi connectivity index (χ0n) is 10.4. The van der Waals surface area contributed by atoms with Crippen LogP contribution >= 0.6 is 0 Å². The lowest BCUT2D eigenvalue weighted by atomic mass is 10.3. The van der Waals surface area contributed by atoms with Crippen molar-refractivity contribution < 1.29 is 15.0 Å². The summed E-state index contributed by atoms with van der Waals surface area (Å²) < 4.78 is 5.50. The first-order chi connectivity index (χ1) is 9.02. The van der Waals surface area contributed by atoms with Crippen molar-refractivity contribution in [2.24, 2.45) is 16.5 Å². The third-order valence-corrected chi connectivity index (χ3v) is 1.86. The molecule has 19 heavy (non-hydrogen) atoms. The topological polar surface area (TPSA) is 137 Å². The predicted octanol–water partition coefficient (Wildman–Crippen LogP) is 0.771. The summed E-state index contributed by atoms with van der Waals surface area (Å²) in [5, 5.41) is 13.6. The molecule has 0 atom stereocenters. The lowest BCUT2D eigenvalue weighted by molar-refractivity contribution is -0.742. The van der Waals surface area contributed by atoms with Gasteiger partial charge in [0.15, 0.2) is 5.96 Å². The van der Waals surface area contributed by atoms with Gasteiger partial charge in [-0.1, -0.05) is 18.2 Å². The Bertz CT molecular complexity index is 376. The second kappa shape index (κ2) is 10.6. The van der Waals surface area contributed by atoms with Gasteiger partial charge in [0, 0.05) is 6.54 Å². The van der Waals surface area contributed by atoms with E-state index in [-0.39, 0.29) is 5.96 Å². The highest BCUT2D eigenvalue weighted by molar-refractivity contribution is 5.75. The van der Waals surface area contributed by atoms with Crippen molar-refractivity contribution in [1.29, 1.82) is 0 Å². The van der Waals surface area contributed by atoms with Crippen molar-refractivity contribution in [3.05, 3.63) is 40.4 Å². The Balaban J connectivity index is 0.000000711. The van der Waals surface area contributed by atoms with Crippen LogP contribution in [0.2, 0.25) is 0 Å². The van der Waals surface area contributed by atoms with Gasteiger partial charge in [0.1, 0.15) is 5.75 Å². The number of unbranched alkanes of at least 4 members (excludes halogenated alkanes) is 1. The SMILES string of the molecule is NC(N)=NCCCCOc1ccccc1.O=[N+]([O-])O. The fourth-order valence-corrected chi connectivity index (χ4v) is 1.13. The van der Waals surface area contributed by atoms with Gasteiger partial charge in [-0.05, 0) is 25.0 Å². The fourth-order valence-electron chi connectivity index (χ4n) is 1.13. The average molecular weight is 270 g/mol. The number of hydrogen-bond acceptors (Lipinski definition) is 4. The van der Waals surface area contributed by atoms with E-state index in [2.05, 4.69) is 4.99 Å². The van der Waals surface area contributed by atoms with Gasteiger partial charge in [-0.3, -0.25) is 4.99 Å². The number of benzene rings is 1. The molecular formula is C11H18N4O4. The van der Waals surface area contributed by atoms with Gasteiger partial charge < -0.3 is 21.4 Å². The molecule has 0 aromatic heterocycles. The zero-order valence-corrected chi connectivity index (χ0v) is 10.4. The van der Waals surface area contributed by atoms with Gasteiger partial charge in [-0.2, -0.15) is 0 Å². The first kappa shape index (κ1) is 16.5. The molecule has 0 radical (unpaired) electrons. The molecule has 1 rings (SSSR count). The van der Waals surface area contributed by atoms with Crippen molar-refractivity contribution in [3.63, 3.8) is 0 Å². The number of nitrogens with zero attached hydrogens (tertiary/aromatic N) is 2. The maximum absolute atomic E-state index is 8.36. The standard InChI is InChI=1S/C11H17N3O.HNO3/c12-11(13)14-8-4-5-9-15-10-6-2-1-3-7-10;2-1(3)4/h1-3,6-7H,4-5,8-9H2,(H4,12,13,14);(H,2,3,4). The lowest BCUT2D eigenvalue weighted by Gasteiger charge is -2.04. The molecule has 1 aromatic carbocycles. The van der Waals surface area contributed by atoms with Gasteiger partial charge in [0.2, 0.25) is 0 Å². The molecule has 0 saturated heterocycles. The maximum Gasteiger partial charge on any atom is 0.291 e. The molecular weight excluding hydrogens is 252 g/mol. The first-order valence-electron chi connectivity index (χ1n) is 5.59. The smallest absolute Gasteiger partial charge is 0.291 e. The number of nitrogens with two attached hydrogens (primary N) is 2. The fraction of sp³-hybridized carbons (Fsp3) is 0.364. The summed E-state index contributed by atoms with van der Waals surface area (Å²) in [4.78, 5) is 12.2. The highest BCUT2D eigenvalue weighted by Crippen LogP contribution is 2.08. The molecule has 8 nitrogen and oxygen atoms in total. The van der Waals surface area contributed by atoms with Gasteiger partial charge in [-0.15, -0.1) is 10.1 Å². The Morgan fingerprint density at radius 3 is 2.42 bits per heavy atom. The molecule has 0 heterocycles. The van der Waals surface area contributed by atoms with Crippen LogP contribution in [0.3, 0.4) is 0 Å². The van der Waals surface area contributed by atoms with E-state index < -0.39 is 5.09 Å². The summed E-state index contributed by atoms with van der Waals surface area (Å²) in [6.45, 7) is 1.37.